The van der Waals surface area contributed by atoms with Crippen LogP contribution < -0.4 is 5.32 Å². The Kier molecular flexibility index (Phi) is 4.61. The standard InChI is InChI=1S/C20H22FN5O/c1-20(7-4-10-27-20)13-24-19-23-12-16(14-5-3-6-15(21)11-14)17(25-19)18-22-8-9-26(18)2/h3,5-6,8-9,11-12H,4,7,10,13H2,1-2H3,(H,23,24,25)/t20-/m0/s1. The molecule has 0 radical (unpaired) electrons. The van der Waals surface area contributed by atoms with Gasteiger partial charge in [0.2, 0.25) is 5.95 Å². The Bertz CT molecular complexity index is 949. The first-order valence-electron chi connectivity index (χ1n) is 9.03. The van der Waals surface area contributed by atoms with Crippen LogP contribution in [0, 0.1) is 5.82 Å². The molecule has 1 aliphatic heterocycles. The van der Waals surface area contributed by atoms with Crippen LogP contribution in [0.25, 0.3) is 22.6 Å². The lowest BCUT2D eigenvalue weighted by molar-refractivity contribution is 0.0314. The smallest absolute Gasteiger partial charge is 0.223 e. The fourth-order valence-electron chi connectivity index (χ4n) is 3.34. The average molecular weight is 367 g/mol. The quantitative estimate of drug-likeness (QED) is 0.745. The molecule has 1 fully saturated rings. The summed E-state index contributed by atoms with van der Waals surface area (Å²) in [6.07, 6.45) is 7.36. The number of aromatic nitrogens is 4. The molecule has 6 nitrogen and oxygen atoms in total. The SMILES string of the molecule is Cn1ccnc1-c1nc(NC[C@]2(C)CCCO2)ncc1-c1cccc(F)c1. The van der Waals surface area contributed by atoms with Crippen molar-refractivity contribution in [2.45, 2.75) is 25.4 Å². The largest absolute Gasteiger partial charge is 0.373 e. The van der Waals surface area contributed by atoms with Gasteiger partial charge in [-0.05, 0) is 37.5 Å². The van der Waals surface area contributed by atoms with Crippen LogP contribution in [-0.4, -0.2) is 38.3 Å². The van der Waals surface area contributed by atoms with E-state index in [1.165, 1.54) is 12.1 Å². The summed E-state index contributed by atoms with van der Waals surface area (Å²) in [5, 5.41) is 3.28. The van der Waals surface area contributed by atoms with Crippen molar-refractivity contribution >= 4 is 5.95 Å². The van der Waals surface area contributed by atoms with Crippen molar-refractivity contribution in [1.82, 2.24) is 19.5 Å². The fourth-order valence-corrected chi connectivity index (χ4v) is 3.34. The number of hydrogen-bond acceptors (Lipinski definition) is 5. The zero-order valence-electron chi connectivity index (χ0n) is 15.4. The molecule has 0 unspecified atom stereocenters. The maximum absolute atomic E-state index is 13.7. The lowest BCUT2D eigenvalue weighted by Gasteiger charge is -2.23. The van der Waals surface area contributed by atoms with Gasteiger partial charge < -0.3 is 14.6 Å². The van der Waals surface area contributed by atoms with E-state index in [4.69, 9.17) is 9.72 Å². The van der Waals surface area contributed by atoms with Crippen molar-refractivity contribution in [3.63, 3.8) is 0 Å². The number of hydrogen-bond donors (Lipinski definition) is 1. The summed E-state index contributed by atoms with van der Waals surface area (Å²) in [7, 11) is 1.90. The second-order valence-electron chi connectivity index (χ2n) is 7.08. The molecule has 0 spiro atoms. The van der Waals surface area contributed by atoms with Gasteiger partial charge in [-0.3, -0.25) is 0 Å². The van der Waals surface area contributed by atoms with E-state index in [0.29, 0.717) is 29.6 Å². The molecule has 0 aliphatic carbocycles. The van der Waals surface area contributed by atoms with Gasteiger partial charge in [0, 0.05) is 44.4 Å². The molecule has 0 amide bonds. The van der Waals surface area contributed by atoms with E-state index in [1.807, 2.05) is 23.9 Å². The highest BCUT2D eigenvalue weighted by Gasteiger charge is 2.29. The van der Waals surface area contributed by atoms with Gasteiger partial charge in [-0.15, -0.1) is 0 Å². The van der Waals surface area contributed by atoms with Gasteiger partial charge >= 0.3 is 0 Å². The summed E-state index contributed by atoms with van der Waals surface area (Å²) < 4.78 is 21.4. The highest BCUT2D eigenvalue weighted by Crippen LogP contribution is 2.31. The van der Waals surface area contributed by atoms with Crippen molar-refractivity contribution in [2.75, 3.05) is 18.5 Å². The Hall–Kier alpha value is -2.80. The van der Waals surface area contributed by atoms with E-state index < -0.39 is 0 Å². The molecule has 7 heteroatoms. The molecule has 3 heterocycles. The maximum Gasteiger partial charge on any atom is 0.223 e. The molecule has 1 aromatic carbocycles. The molecule has 27 heavy (non-hydrogen) atoms. The van der Waals surface area contributed by atoms with Gasteiger partial charge in [0.15, 0.2) is 5.82 Å². The van der Waals surface area contributed by atoms with E-state index in [9.17, 15) is 4.39 Å². The fraction of sp³-hybridized carbons (Fsp3) is 0.350. The number of aryl methyl sites for hydroxylation is 1. The molecular formula is C20H22FN5O. The van der Waals surface area contributed by atoms with Crippen LogP contribution in [0.2, 0.25) is 0 Å². The predicted octanol–water partition coefficient (Wildman–Crippen LogP) is 3.66. The summed E-state index contributed by atoms with van der Waals surface area (Å²) in [5.74, 6) is 0.903. The summed E-state index contributed by atoms with van der Waals surface area (Å²) in [6.45, 7) is 3.51. The van der Waals surface area contributed by atoms with E-state index in [2.05, 4.69) is 22.2 Å². The number of halogens is 1. The van der Waals surface area contributed by atoms with Gasteiger partial charge in [0.1, 0.15) is 11.5 Å². The van der Waals surface area contributed by atoms with Crippen molar-refractivity contribution < 1.29 is 9.13 Å². The lowest BCUT2D eigenvalue weighted by Crippen LogP contribution is -2.33. The highest BCUT2D eigenvalue weighted by atomic mass is 19.1. The third-order valence-corrected chi connectivity index (χ3v) is 4.88. The number of nitrogens with zero attached hydrogens (tertiary/aromatic N) is 4. The zero-order valence-corrected chi connectivity index (χ0v) is 15.4. The first kappa shape index (κ1) is 17.6. The number of anilines is 1. The van der Waals surface area contributed by atoms with E-state index in [1.54, 1.807) is 18.5 Å². The van der Waals surface area contributed by atoms with Gasteiger partial charge in [0.25, 0.3) is 0 Å². The molecule has 1 saturated heterocycles. The van der Waals surface area contributed by atoms with Crippen LogP contribution in [0.5, 0.6) is 0 Å². The minimum Gasteiger partial charge on any atom is -0.373 e. The third-order valence-electron chi connectivity index (χ3n) is 4.88. The normalized spacial score (nSPS) is 19.4. The molecular weight excluding hydrogens is 345 g/mol. The number of benzene rings is 1. The van der Waals surface area contributed by atoms with Crippen LogP contribution in [0.1, 0.15) is 19.8 Å². The summed E-state index contributed by atoms with van der Waals surface area (Å²) in [5.41, 5.74) is 1.90. The molecule has 1 N–H and O–H groups in total. The molecule has 1 aliphatic rings. The van der Waals surface area contributed by atoms with E-state index in [0.717, 1.165) is 25.0 Å². The van der Waals surface area contributed by atoms with Crippen molar-refractivity contribution in [3.8, 4) is 22.6 Å². The Balaban J connectivity index is 1.71. The minimum atomic E-state index is -0.299. The Morgan fingerprint density at radius 2 is 2.22 bits per heavy atom. The minimum absolute atomic E-state index is 0.200. The van der Waals surface area contributed by atoms with Crippen molar-refractivity contribution in [1.29, 1.82) is 0 Å². The maximum atomic E-state index is 13.7. The van der Waals surface area contributed by atoms with Crippen LogP contribution in [0.3, 0.4) is 0 Å². The number of nitrogens with one attached hydrogen (secondary N) is 1. The summed E-state index contributed by atoms with van der Waals surface area (Å²) in [6, 6.07) is 6.42. The first-order valence-corrected chi connectivity index (χ1v) is 9.03. The van der Waals surface area contributed by atoms with Gasteiger partial charge in [-0.25, -0.2) is 19.3 Å². The Labute approximate surface area is 157 Å². The predicted molar refractivity (Wildman–Crippen MR) is 102 cm³/mol. The number of rotatable bonds is 5. The third kappa shape index (κ3) is 3.68. The van der Waals surface area contributed by atoms with Crippen molar-refractivity contribution in [2.24, 2.45) is 7.05 Å². The highest BCUT2D eigenvalue weighted by molar-refractivity contribution is 5.78. The van der Waals surface area contributed by atoms with Crippen LogP contribution >= 0.6 is 0 Å². The van der Waals surface area contributed by atoms with Gasteiger partial charge in [-0.2, -0.15) is 0 Å². The zero-order chi connectivity index (χ0) is 18.9. The second-order valence-corrected chi connectivity index (χ2v) is 7.08. The van der Waals surface area contributed by atoms with E-state index >= 15 is 0 Å². The monoisotopic (exact) mass is 367 g/mol. The molecule has 0 saturated carbocycles. The molecule has 1 atom stereocenters. The number of ether oxygens (including phenoxy) is 1. The van der Waals surface area contributed by atoms with Crippen LogP contribution in [0.4, 0.5) is 10.3 Å². The lowest BCUT2D eigenvalue weighted by atomic mass is 10.0. The Morgan fingerprint density at radius 3 is 2.93 bits per heavy atom. The average Bonchev–Trinajstić information content (AvgIpc) is 3.29. The second kappa shape index (κ2) is 7.08. The molecule has 140 valence electrons. The number of imidazole rings is 1. The summed E-state index contributed by atoms with van der Waals surface area (Å²) in [4.78, 5) is 13.5. The van der Waals surface area contributed by atoms with Gasteiger partial charge in [-0.1, -0.05) is 12.1 Å². The molecule has 3 aromatic rings. The Morgan fingerprint density at radius 1 is 1.33 bits per heavy atom. The van der Waals surface area contributed by atoms with Crippen molar-refractivity contribution in [3.05, 3.63) is 48.7 Å². The van der Waals surface area contributed by atoms with E-state index in [-0.39, 0.29) is 11.4 Å². The molecule has 2 aromatic heterocycles. The topological polar surface area (TPSA) is 64.9 Å². The van der Waals surface area contributed by atoms with Crippen LogP contribution in [-0.2, 0) is 11.8 Å². The first-order chi connectivity index (χ1) is 13.0. The van der Waals surface area contributed by atoms with Gasteiger partial charge in [0.05, 0.1) is 5.60 Å². The molecule has 0 bridgehead atoms. The van der Waals surface area contributed by atoms with Crippen LogP contribution in [0.15, 0.2) is 42.9 Å². The molecule has 4 rings (SSSR count). The summed E-state index contributed by atoms with van der Waals surface area (Å²) >= 11 is 0.